The van der Waals surface area contributed by atoms with Gasteiger partial charge in [0.1, 0.15) is 10.8 Å². The fourth-order valence-electron chi connectivity index (χ4n) is 2.08. The first-order valence-corrected chi connectivity index (χ1v) is 6.59. The van der Waals surface area contributed by atoms with Crippen molar-refractivity contribution in [3.05, 3.63) is 28.5 Å². The second-order valence-electron chi connectivity index (χ2n) is 4.43. The third-order valence-electron chi connectivity index (χ3n) is 3.25. The highest BCUT2D eigenvalue weighted by molar-refractivity contribution is 7.16. The van der Waals surface area contributed by atoms with Crippen LogP contribution in [0.2, 0.25) is 0 Å². The van der Waals surface area contributed by atoms with Crippen LogP contribution in [0.15, 0.2) is 6.07 Å². The molecule has 0 aliphatic rings. The number of benzene rings is 1. The van der Waals surface area contributed by atoms with Crippen LogP contribution < -0.4 is 4.74 Å². The van der Waals surface area contributed by atoms with Crippen molar-refractivity contribution in [1.82, 2.24) is 4.98 Å². The number of rotatable bonds is 2. The van der Waals surface area contributed by atoms with Crippen LogP contribution in [0, 0.1) is 27.7 Å². The maximum Gasteiger partial charge on any atom is 0.195 e. The molecule has 0 amide bonds. The van der Waals surface area contributed by atoms with Crippen molar-refractivity contribution in [3.8, 4) is 21.4 Å². The zero-order chi connectivity index (χ0) is 13.4. The Kier molecular flexibility index (Phi) is 3.30. The Morgan fingerprint density at radius 1 is 1.17 bits per heavy atom. The predicted molar refractivity (Wildman–Crippen MR) is 74.7 cm³/mol. The van der Waals surface area contributed by atoms with Gasteiger partial charge in [-0.25, -0.2) is 4.98 Å². The summed E-state index contributed by atoms with van der Waals surface area (Å²) in [5, 5.41) is 10.8. The topological polar surface area (TPSA) is 42.4 Å². The van der Waals surface area contributed by atoms with E-state index in [4.69, 9.17) is 4.74 Å². The standard InChI is InChI=1S/C14H17NO2S/c1-7-6-11(17-5)8(2)9(3)12(7)13-15-10(4)14(16)18-13/h6,16H,1-5H3. The molecule has 4 heteroatoms. The Morgan fingerprint density at radius 2 is 1.83 bits per heavy atom. The second kappa shape index (κ2) is 4.61. The number of methoxy groups -OCH3 is 1. The summed E-state index contributed by atoms with van der Waals surface area (Å²) in [4.78, 5) is 4.43. The van der Waals surface area contributed by atoms with Crippen LogP contribution in [0.4, 0.5) is 0 Å². The molecule has 0 bridgehead atoms. The van der Waals surface area contributed by atoms with Gasteiger partial charge in [0.2, 0.25) is 0 Å². The van der Waals surface area contributed by atoms with E-state index < -0.39 is 0 Å². The van der Waals surface area contributed by atoms with Crippen LogP contribution in [-0.4, -0.2) is 17.2 Å². The minimum atomic E-state index is 0.289. The molecule has 0 atom stereocenters. The normalized spacial score (nSPS) is 10.7. The van der Waals surface area contributed by atoms with Gasteiger partial charge in [0.15, 0.2) is 5.06 Å². The van der Waals surface area contributed by atoms with E-state index in [1.54, 1.807) is 7.11 Å². The Morgan fingerprint density at radius 3 is 2.33 bits per heavy atom. The average Bonchev–Trinajstić information content (AvgIpc) is 2.64. The van der Waals surface area contributed by atoms with E-state index in [0.29, 0.717) is 5.69 Å². The maximum absolute atomic E-state index is 9.68. The molecule has 1 aromatic heterocycles. The molecule has 0 unspecified atom stereocenters. The van der Waals surface area contributed by atoms with Crippen molar-refractivity contribution < 1.29 is 9.84 Å². The van der Waals surface area contributed by atoms with Gasteiger partial charge in [0.05, 0.1) is 12.8 Å². The predicted octanol–water partition coefficient (Wildman–Crippen LogP) is 3.76. The highest BCUT2D eigenvalue weighted by atomic mass is 32.1. The van der Waals surface area contributed by atoms with Gasteiger partial charge < -0.3 is 9.84 Å². The smallest absolute Gasteiger partial charge is 0.195 e. The van der Waals surface area contributed by atoms with Gasteiger partial charge in [0.25, 0.3) is 0 Å². The number of aromatic hydroxyl groups is 1. The van der Waals surface area contributed by atoms with E-state index >= 15 is 0 Å². The van der Waals surface area contributed by atoms with Gasteiger partial charge in [-0.05, 0) is 50.5 Å². The summed E-state index contributed by atoms with van der Waals surface area (Å²) in [5.74, 6) is 0.895. The Hall–Kier alpha value is -1.55. The van der Waals surface area contributed by atoms with Crippen molar-refractivity contribution in [2.75, 3.05) is 7.11 Å². The molecule has 1 N–H and O–H groups in total. The van der Waals surface area contributed by atoms with E-state index in [1.807, 2.05) is 26.8 Å². The Balaban J connectivity index is 2.68. The number of hydrogen-bond donors (Lipinski definition) is 1. The average molecular weight is 263 g/mol. The molecule has 0 saturated carbocycles. The Labute approximate surface area is 111 Å². The Bertz CT molecular complexity index is 583. The molecule has 18 heavy (non-hydrogen) atoms. The van der Waals surface area contributed by atoms with E-state index in [9.17, 15) is 5.11 Å². The number of nitrogens with zero attached hydrogens (tertiary/aromatic N) is 1. The van der Waals surface area contributed by atoms with E-state index in [0.717, 1.165) is 33.0 Å². The molecule has 0 aliphatic carbocycles. The molecular formula is C14H17NO2S. The fourth-order valence-corrected chi connectivity index (χ4v) is 3.06. The third kappa shape index (κ3) is 1.97. The van der Waals surface area contributed by atoms with Gasteiger partial charge >= 0.3 is 0 Å². The van der Waals surface area contributed by atoms with Crippen molar-refractivity contribution in [1.29, 1.82) is 0 Å². The summed E-state index contributed by atoms with van der Waals surface area (Å²) in [7, 11) is 1.68. The molecule has 1 aromatic carbocycles. The SMILES string of the molecule is COc1cc(C)c(-c2nc(C)c(O)s2)c(C)c1C. The van der Waals surface area contributed by atoms with Crippen LogP contribution in [0.3, 0.4) is 0 Å². The second-order valence-corrected chi connectivity index (χ2v) is 5.41. The first-order chi connectivity index (χ1) is 8.45. The molecule has 0 saturated heterocycles. The molecule has 2 aromatic rings. The summed E-state index contributed by atoms with van der Waals surface area (Å²) in [6.07, 6.45) is 0. The van der Waals surface area contributed by atoms with Gasteiger partial charge in [-0.15, -0.1) is 0 Å². The molecular weight excluding hydrogens is 246 g/mol. The zero-order valence-electron chi connectivity index (χ0n) is 11.3. The van der Waals surface area contributed by atoms with E-state index in [2.05, 4.69) is 11.9 Å². The molecule has 0 spiro atoms. The molecule has 0 radical (unpaired) electrons. The van der Waals surface area contributed by atoms with Crippen LogP contribution in [0.25, 0.3) is 10.6 Å². The van der Waals surface area contributed by atoms with Crippen LogP contribution in [0.1, 0.15) is 22.4 Å². The summed E-state index contributed by atoms with van der Waals surface area (Å²) < 4.78 is 5.36. The maximum atomic E-state index is 9.68. The number of thiazole rings is 1. The highest BCUT2D eigenvalue weighted by Gasteiger charge is 2.16. The monoisotopic (exact) mass is 263 g/mol. The van der Waals surface area contributed by atoms with Crippen molar-refractivity contribution >= 4 is 11.3 Å². The van der Waals surface area contributed by atoms with Crippen molar-refractivity contribution in [2.45, 2.75) is 27.7 Å². The van der Waals surface area contributed by atoms with E-state index in [-0.39, 0.29) is 5.06 Å². The van der Waals surface area contributed by atoms with E-state index in [1.165, 1.54) is 11.3 Å². The van der Waals surface area contributed by atoms with Gasteiger partial charge in [-0.1, -0.05) is 11.3 Å². The van der Waals surface area contributed by atoms with Crippen molar-refractivity contribution in [3.63, 3.8) is 0 Å². The molecule has 3 nitrogen and oxygen atoms in total. The van der Waals surface area contributed by atoms with Gasteiger partial charge in [-0.2, -0.15) is 0 Å². The number of aromatic nitrogens is 1. The minimum Gasteiger partial charge on any atom is -0.498 e. The molecule has 2 rings (SSSR count). The summed E-state index contributed by atoms with van der Waals surface area (Å²) in [5.41, 5.74) is 5.17. The molecule has 0 aliphatic heterocycles. The lowest BCUT2D eigenvalue weighted by Crippen LogP contribution is -1.96. The number of hydrogen-bond acceptors (Lipinski definition) is 4. The summed E-state index contributed by atoms with van der Waals surface area (Å²) in [6.45, 7) is 7.96. The number of aryl methyl sites for hydroxylation is 2. The quantitative estimate of drug-likeness (QED) is 0.897. The molecule has 0 fully saturated rings. The lowest BCUT2D eigenvalue weighted by Gasteiger charge is -2.14. The fraction of sp³-hybridized carbons (Fsp3) is 0.357. The van der Waals surface area contributed by atoms with Gasteiger partial charge in [-0.3, -0.25) is 0 Å². The first kappa shape index (κ1) is 12.9. The van der Waals surface area contributed by atoms with Crippen molar-refractivity contribution in [2.24, 2.45) is 0 Å². The molecule has 96 valence electrons. The molecule has 1 heterocycles. The van der Waals surface area contributed by atoms with Gasteiger partial charge in [0, 0.05) is 5.56 Å². The first-order valence-electron chi connectivity index (χ1n) is 5.77. The van der Waals surface area contributed by atoms with Crippen LogP contribution in [-0.2, 0) is 0 Å². The minimum absolute atomic E-state index is 0.289. The third-order valence-corrected chi connectivity index (χ3v) is 4.23. The lowest BCUT2D eigenvalue weighted by molar-refractivity contribution is 0.411. The van der Waals surface area contributed by atoms with Crippen LogP contribution in [0.5, 0.6) is 10.8 Å². The lowest BCUT2D eigenvalue weighted by atomic mass is 9.98. The zero-order valence-corrected chi connectivity index (χ0v) is 12.1. The highest BCUT2D eigenvalue weighted by Crippen LogP contribution is 2.39. The summed E-state index contributed by atoms with van der Waals surface area (Å²) >= 11 is 1.32. The van der Waals surface area contributed by atoms with Crippen LogP contribution >= 0.6 is 11.3 Å². The summed E-state index contributed by atoms with van der Waals surface area (Å²) in [6, 6.07) is 2.02. The number of ether oxygens (including phenoxy) is 1. The largest absolute Gasteiger partial charge is 0.498 e.